The first-order chi connectivity index (χ1) is 11.2. The minimum atomic E-state index is -0.0631. The maximum atomic E-state index is 12.5. The van der Waals surface area contributed by atoms with Crippen LogP contribution < -0.4 is 5.32 Å². The summed E-state index contributed by atoms with van der Waals surface area (Å²) in [7, 11) is 0. The monoisotopic (exact) mass is 331 g/mol. The molecule has 0 radical (unpaired) electrons. The van der Waals surface area contributed by atoms with Crippen LogP contribution in [0.3, 0.4) is 0 Å². The van der Waals surface area contributed by atoms with E-state index >= 15 is 0 Å². The highest BCUT2D eigenvalue weighted by Crippen LogP contribution is 2.23. The third kappa shape index (κ3) is 4.25. The Kier molecular flexibility index (Phi) is 5.17. The molecule has 0 aliphatic carbocycles. The van der Waals surface area contributed by atoms with Gasteiger partial charge in [-0.05, 0) is 51.2 Å². The van der Waals surface area contributed by atoms with Crippen molar-refractivity contribution >= 4 is 22.5 Å². The number of anilines is 1. The van der Waals surface area contributed by atoms with Crippen LogP contribution in [0.4, 0.5) is 9.93 Å². The standard InChI is InChI=1S/C16H21N5OS/c1-12-19-20-15(23-12)18-16(22)21-11-5-3-7-14(21)9-8-13-6-2-4-10-17-13/h2,4,6,10,14H,3,5,7-9,11H2,1H3,(H,18,20,22)/t14-/m1/s1. The molecule has 0 spiro atoms. The summed E-state index contributed by atoms with van der Waals surface area (Å²) in [5.41, 5.74) is 1.08. The Balaban J connectivity index is 1.60. The molecule has 2 amide bonds. The van der Waals surface area contributed by atoms with Crippen LogP contribution in [-0.4, -0.2) is 38.7 Å². The number of piperidine rings is 1. The van der Waals surface area contributed by atoms with Gasteiger partial charge in [-0.1, -0.05) is 17.4 Å². The molecule has 2 aromatic rings. The van der Waals surface area contributed by atoms with Crippen molar-refractivity contribution in [2.75, 3.05) is 11.9 Å². The number of rotatable bonds is 4. The molecule has 1 fully saturated rings. The molecule has 0 saturated carbocycles. The number of nitrogens with zero attached hydrogens (tertiary/aromatic N) is 4. The summed E-state index contributed by atoms with van der Waals surface area (Å²) in [6.07, 6.45) is 6.94. The largest absolute Gasteiger partial charge is 0.323 e. The van der Waals surface area contributed by atoms with E-state index in [2.05, 4.69) is 20.5 Å². The van der Waals surface area contributed by atoms with Gasteiger partial charge >= 0.3 is 6.03 Å². The molecule has 122 valence electrons. The predicted molar refractivity (Wildman–Crippen MR) is 90.6 cm³/mol. The molecule has 1 atom stereocenters. The molecule has 0 bridgehead atoms. The lowest BCUT2D eigenvalue weighted by atomic mass is 9.97. The number of hydrogen-bond acceptors (Lipinski definition) is 5. The molecule has 6 nitrogen and oxygen atoms in total. The molecule has 3 rings (SSSR count). The van der Waals surface area contributed by atoms with Crippen LogP contribution >= 0.6 is 11.3 Å². The van der Waals surface area contributed by atoms with Crippen molar-refractivity contribution in [1.29, 1.82) is 0 Å². The van der Waals surface area contributed by atoms with Crippen molar-refractivity contribution in [3.63, 3.8) is 0 Å². The SMILES string of the molecule is Cc1nnc(NC(=O)N2CCCC[C@@H]2CCc2ccccn2)s1. The lowest BCUT2D eigenvalue weighted by Crippen LogP contribution is -2.46. The zero-order valence-corrected chi connectivity index (χ0v) is 14.1. The smallest absolute Gasteiger partial charge is 0.321 e. The molecule has 0 aromatic carbocycles. The number of aryl methyl sites for hydroxylation is 2. The fraction of sp³-hybridized carbons (Fsp3) is 0.500. The number of pyridine rings is 1. The van der Waals surface area contributed by atoms with Gasteiger partial charge in [-0.15, -0.1) is 10.2 Å². The summed E-state index contributed by atoms with van der Waals surface area (Å²) in [6.45, 7) is 2.68. The van der Waals surface area contributed by atoms with Crippen LogP contribution in [0.25, 0.3) is 0 Å². The molecule has 7 heteroatoms. The fourth-order valence-electron chi connectivity index (χ4n) is 2.94. The summed E-state index contributed by atoms with van der Waals surface area (Å²) in [4.78, 5) is 18.9. The van der Waals surface area contributed by atoms with E-state index < -0.39 is 0 Å². The van der Waals surface area contributed by atoms with E-state index in [1.165, 1.54) is 17.8 Å². The average molecular weight is 331 g/mol. The minimum absolute atomic E-state index is 0.0631. The Labute approximate surface area is 140 Å². The van der Waals surface area contributed by atoms with E-state index in [9.17, 15) is 4.79 Å². The van der Waals surface area contributed by atoms with E-state index in [-0.39, 0.29) is 12.1 Å². The van der Waals surface area contributed by atoms with Gasteiger partial charge in [0.05, 0.1) is 0 Å². The van der Waals surface area contributed by atoms with Gasteiger partial charge in [-0.3, -0.25) is 10.3 Å². The van der Waals surface area contributed by atoms with Crippen LogP contribution in [-0.2, 0) is 6.42 Å². The van der Waals surface area contributed by atoms with Crippen molar-refractivity contribution in [3.05, 3.63) is 35.1 Å². The summed E-state index contributed by atoms with van der Waals surface area (Å²) in [5.74, 6) is 0. The van der Waals surface area contributed by atoms with Crippen molar-refractivity contribution < 1.29 is 4.79 Å². The number of urea groups is 1. The molecular formula is C16H21N5OS. The van der Waals surface area contributed by atoms with Gasteiger partial charge in [0.15, 0.2) is 0 Å². The molecule has 3 heterocycles. The minimum Gasteiger partial charge on any atom is -0.321 e. The normalized spacial score (nSPS) is 18.0. The van der Waals surface area contributed by atoms with Crippen molar-refractivity contribution in [2.45, 2.75) is 45.1 Å². The summed E-state index contributed by atoms with van der Waals surface area (Å²) >= 11 is 1.40. The van der Waals surface area contributed by atoms with Crippen molar-refractivity contribution in [2.24, 2.45) is 0 Å². The molecule has 23 heavy (non-hydrogen) atoms. The lowest BCUT2D eigenvalue weighted by molar-refractivity contribution is 0.158. The highest BCUT2D eigenvalue weighted by Gasteiger charge is 2.27. The first-order valence-corrected chi connectivity index (χ1v) is 8.81. The van der Waals surface area contributed by atoms with Crippen molar-refractivity contribution in [1.82, 2.24) is 20.1 Å². The summed E-state index contributed by atoms with van der Waals surface area (Å²) in [6, 6.07) is 6.17. The maximum absolute atomic E-state index is 12.5. The van der Waals surface area contributed by atoms with Gasteiger partial charge < -0.3 is 4.90 Å². The molecule has 0 unspecified atom stereocenters. The topological polar surface area (TPSA) is 71.0 Å². The quantitative estimate of drug-likeness (QED) is 0.933. The Morgan fingerprint density at radius 3 is 3.04 bits per heavy atom. The van der Waals surface area contributed by atoms with Gasteiger partial charge in [0, 0.05) is 24.5 Å². The van der Waals surface area contributed by atoms with Crippen LogP contribution in [0, 0.1) is 6.92 Å². The number of carbonyl (C=O) groups excluding carboxylic acids is 1. The number of aromatic nitrogens is 3. The van der Waals surface area contributed by atoms with E-state index in [1.54, 1.807) is 0 Å². The zero-order valence-electron chi connectivity index (χ0n) is 13.2. The first-order valence-electron chi connectivity index (χ1n) is 8.00. The summed E-state index contributed by atoms with van der Waals surface area (Å²) < 4.78 is 0. The van der Waals surface area contributed by atoms with Crippen LogP contribution in [0.15, 0.2) is 24.4 Å². The van der Waals surface area contributed by atoms with Gasteiger partial charge in [0.25, 0.3) is 0 Å². The van der Waals surface area contributed by atoms with Crippen LogP contribution in [0.2, 0.25) is 0 Å². The molecule has 1 aliphatic rings. The second-order valence-electron chi connectivity index (χ2n) is 5.76. The van der Waals surface area contributed by atoms with E-state index in [0.29, 0.717) is 5.13 Å². The van der Waals surface area contributed by atoms with E-state index in [4.69, 9.17) is 0 Å². The third-order valence-electron chi connectivity index (χ3n) is 4.09. The fourth-order valence-corrected chi connectivity index (χ4v) is 3.52. The predicted octanol–water partition coefficient (Wildman–Crippen LogP) is 3.26. The average Bonchev–Trinajstić information content (AvgIpc) is 2.99. The number of hydrogen-bond donors (Lipinski definition) is 1. The molecule has 1 aliphatic heterocycles. The number of carbonyl (C=O) groups is 1. The highest BCUT2D eigenvalue weighted by molar-refractivity contribution is 7.15. The van der Waals surface area contributed by atoms with Gasteiger partial charge in [-0.2, -0.15) is 0 Å². The first kappa shape index (κ1) is 15.9. The highest BCUT2D eigenvalue weighted by atomic mass is 32.1. The number of likely N-dealkylation sites (tertiary alicyclic amines) is 1. The summed E-state index contributed by atoms with van der Waals surface area (Å²) in [5, 5.41) is 12.2. The second-order valence-corrected chi connectivity index (χ2v) is 6.94. The Morgan fingerprint density at radius 2 is 2.30 bits per heavy atom. The molecule has 1 N–H and O–H groups in total. The van der Waals surface area contributed by atoms with Gasteiger partial charge in [-0.25, -0.2) is 4.79 Å². The van der Waals surface area contributed by atoms with Crippen LogP contribution in [0.5, 0.6) is 0 Å². The maximum Gasteiger partial charge on any atom is 0.323 e. The molecular weight excluding hydrogens is 310 g/mol. The van der Waals surface area contributed by atoms with E-state index in [1.807, 2.05) is 36.2 Å². The molecule has 2 aromatic heterocycles. The molecule has 1 saturated heterocycles. The van der Waals surface area contributed by atoms with Crippen LogP contribution in [0.1, 0.15) is 36.4 Å². The number of amides is 2. The second kappa shape index (κ2) is 7.50. The van der Waals surface area contributed by atoms with Crippen molar-refractivity contribution in [3.8, 4) is 0 Å². The zero-order chi connectivity index (χ0) is 16.1. The Bertz CT molecular complexity index is 645. The van der Waals surface area contributed by atoms with Gasteiger partial charge in [0.2, 0.25) is 5.13 Å². The Hall–Kier alpha value is -2.02. The Morgan fingerprint density at radius 1 is 1.39 bits per heavy atom. The van der Waals surface area contributed by atoms with E-state index in [0.717, 1.165) is 42.9 Å². The number of nitrogens with one attached hydrogen (secondary N) is 1. The third-order valence-corrected chi connectivity index (χ3v) is 4.84. The van der Waals surface area contributed by atoms with Gasteiger partial charge in [0.1, 0.15) is 5.01 Å². The lowest BCUT2D eigenvalue weighted by Gasteiger charge is -2.35.